The van der Waals surface area contributed by atoms with Gasteiger partial charge in [-0.25, -0.2) is 4.98 Å². The summed E-state index contributed by atoms with van der Waals surface area (Å²) in [7, 11) is 0. The van der Waals surface area contributed by atoms with Gasteiger partial charge in [-0.3, -0.25) is 4.79 Å². The molecule has 3 rings (SSSR count). The Morgan fingerprint density at radius 2 is 2.00 bits per heavy atom. The fourth-order valence-corrected chi connectivity index (χ4v) is 2.22. The first-order valence-electron chi connectivity index (χ1n) is 7.66. The van der Waals surface area contributed by atoms with Gasteiger partial charge in [0.25, 0.3) is 0 Å². The maximum atomic E-state index is 12.2. The van der Waals surface area contributed by atoms with Crippen molar-refractivity contribution in [3.05, 3.63) is 36.0 Å². The zero-order valence-electron chi connectivity index (χ0n) is 13.1. The van der Waals surface area contributed by atoms with Crippen molar-refractivity contribution in [1.82, 2.24) is 9.97 Å². The topological polar surface area (TPSA) is 96.4 Å². The fourth-order valence-electron chi connectivity index (χ4n) is 2.22. The van der Waals surface area contributed by atoms with Gasteiger partial charge in [0.2, 0.25) is 5.95 Å². The number of aromatic nitrogens is 2. The first kappa shape index (κ1) is 16.9. The summed E-state index contributed by atoms with van der Waals surface area (Å²) in [5, 5.41) is 14.5. The van der Waals surface area contributed by atoms with Crippen LogP contribution in [0.2, 0.25) is 0 Å². The molecule has 7 nitrogen and oxygen atoms in total. The minimum atomic E-state index is -2.87. The van der Waals surface area contributed by atoms with Crippen LogP contribution in [0, 0.1) is 0 Å². The van der Waals surface area contributed by atoms with Crippen LogP contribution in [-0.4, -0.2) is 34.2 Å². The summed E-state index contributed by atoms with van der Waals surface area (Å²) in [4.78, 5) is 19.2. The molecule has 3 N–H and O–H groups in total. The number of alkyl halides is 2. The zero-order valence-corrected chi connectivity index (χ0v) is 13.1. The number of hydrogen-bond donors (Lipinski definition) is 3. The Kier molecular flexibility index (Phi) is 4.92. The smallest absolute Gasteiger partial charge is 0.387 e. The average Bonchev–Trinajstić information content (AvgIpc) is 3.39. The third kappa shape index (κ3) is 5.00. The Labute approximate surface area is 142 Å². The van der Waals surface area contributed by atoms with Crippen molar-refractivity contribution >= 4 is 23.4 Å². The highest BCUT2D eigenvalue weighted by atomic mass is 19.3. The zero-order chi connectivity index (χ0) is 17.8. The van der Waals surface area contributed by atoms with E-state index in [1.165, 1.54) is 12.1 Å². The number of aliphatic carboxylic acids is 1. The predicted octanol–water partition coefficient (Wildman–Crippen LogP) is 3.20. The summed E-state index contributed by atoms with van der Waals surface area (Å²) in [5.41, 5.74) is 1.47. The van der Waals surface area contributed by atoms with Gasteiger partial charge in [-0.05, 0) is 37.1 Å². The van der Waals surface area contributed by atoms with Crippen LogP contribution >= 0.6 is 0 Å². The van der Waals surface area contributed by atoms with Crippen LogP contribution in [0.25, 0.3) is 0 Å². The minimum absolute atomic E-state index is 0.0609. The number of carboxylic acids is 1. The number of anilines is 3. The summed E-state index contributed by atoms with van der Waals surface area (Å²) in [6.45, 7) is -3.16. The van der Waals surface area contributed by atoms with E-state index in [-0.39, 0.29) is 18.2 Å². The monoisotopic (exact) mass is 350 g/mol. The molecule has 0 spiro atoms. The molecule has 0 amide bonds. The molecular weight excluding hydrogens is 334 g/mol. The van der Waals surface area contributed by atoms with Gasteiger partial charge in [0.1, 0.15) is 18.1 Å². The van der Waals surface area contributed by atoms with Crippen LogP contribution in [0.1, 0.15) is 24.5 Å². The summed E-state index contributed by atoms with van der Waals surface area (Å²) in [6.07, 6.45) is 2.07. The average molecular weight is 350 g/mol. The van der Waals surface area contributed by atoms with Gasteiger partial charge in [0, 0.05) is 17.7 Å². The van der Waals surface area contributed by atoms with Gasteiger partial charge in [-0.15, -0.1) is 0 Å². The summed E-state index contributed by atoms with van der Waals surface area (Å²) >= 11 is 0. The van der Waals surface area contributed by atoms with Gasteiger partial charge in [-0.1, -0.05) is 0 Å². The highest BCUT2D eigenvalue weighted by Crippen LogP contribution is 2.40. The maximum absolute atomic E-state index is 12.2. The molecule has 1 saturated carbocycles. The Morgan fingerprint density at radius 3 is 2.60 bits per heavy atom. The van der Waals surface area contributed by atoms with E-state index in [9.17, 15) is 13.6 Å². The second-order valence-corrected chi connectivity index (χ2v) is 5.55. The van der Waals surface area contributed by atoms with Crippen molar-refractivity contribution in [3.63, 3.8) is 0 Å². The third-order valence-corrected chi connectivity index (χ3v) is 3.49. The van der Waals surface area contributed by atoms with Crippen LogP contribution in [0.15, 0.2) is 30.3 Å². The van der Waals surface area contributed by atoms with Crippen LogP contribution in [0.3, 0.4) is 0 Å². The second kappa shape index (κ2) is 7.29. The van der Waals surface area contributed by atoms with Gasteiger partial charge in [0.05, 0.1) is 5.69 Å². The van der Waals surface area contributed by atoms with E-state index in [2.05, 4.69) is 25.3 Å². The van der Waals surface area contributed by atoms with E-state index in [0.717, 1.165) is 18.5 Å². The lowest BCUT2D eigenvalue weighted by molar-refractivity contribution is -0.134. The summed E-state index contributed by atoms with van der Waals surface area (Å²) in [6, 6.07) is 7.80. The first-order valence-corrected chi connectivity index (χ1v) is 7.66. The van der Waals surface area contributed by atoms with Crippen molar-refractivity contribution in [1.29, 1.82) is 0 Å². The number of nitrogens with zero attached hydrogens (tertiary/aromatic N) is 2. The molecule has 132 valence electrons. The Balaban J connectivity index is 1.75. The second-order valence-electron chi connectivity index (χ2n) is 5.55. The quantitative estimate of drug-likeness (QED) is 0.673. The van der Waals surface area contributed by atoms with Crippen molar-refractivity contribution in [2.75, 3.05) is 17.2 Å². The van der Waals surface area contributed by atoms with Gasteiger partial charge < -0.3 is 20.5 Å². The molecular formula is C16H16F2N4O3. The molecule has 1 aliphatic rings. The molecule has 0 aliphatic heterocycles. The van der Waals surface area contributed by atoms with Crippen LogP contribution < -0.4 is 15.4 Å². The third-order valence-electron chi connectivity index (χ3n) is 3.49. The molecule has 0 saturated heterocycles. The number of nitrogens with one attached hydrogen (secondary N) is 2. The number of carbonyl (C=O) groups is 1. The molecule has 1 heterocycles. The van der Waals surface area contributed by atoms with Gasteiger partial charge in [-0.2, -0.15) is 13.8 Å². The van der Waals surface area contributed by atoms with E-state index in [1.54, 1.807) is 18.2 Å². The molecule has 9 heteroatoms. The van der Waals surface area contributed by atoms with Crippen LogP contribution in [0.5, 0.6) is 5.75 Å². The Bertz CT molecular complexity index is 752. The predicted molar refractivity (Wildman–Crippen MR) is 86.5 cm³/mol. The molecule has 1 aliphatic carbocycles. The van der Waals surface area contributed by atoms with Crippen molar-refractivity contribution in [2.45, 2.75) is 25.4 Å². The van der Waals surface area contributed by atoms with Crippen molar-refractivity contribution in [3.8, 4) is 5.75 Å². The largest absolute Gasteiger partial charge is 0.480 e. The lowest BCUT2D eigenvalue weighted by atomic mass is 10.2. The van der Waals surface area contributed by atoms with Crippen LogP contribution in [-0.2, 0) is 4.79 Å². The summed E-state index contributed by atoms with van der Waals surface area (Å²) in [5.74, 6) is 0.130. The van der Waals surface area contributed by atoms with E-state index in [0.29, 0.717) is 17.4 Å². The molecule has 1 fully saturated rings. The normalized spacial score (nSPS) is 13.6. The molecule has 0 unspecified atom stereocenters. The highest BCUT2D eigenvalue weighted by molar-refractivity contribution is 5.72. The standard InChI is InChI=1S/C16H16F2N4O3/c17-15(18)25-11-5-3-10(4-6-11)20-13-7-12(9-1-2-9)21-16(22-13)19-8-14(23)24/h3-7,9,15H,1-2,8H2,(H,23,24)(H2,19,20,21,22). The van der Waals surface area contributed by atoms with Gasteiger partial charge in [0.15, 0.2) is 0 Å². The number of ether oxygens (including phenoxy) is 1. The molecule has 0 atom stereocenters. The number of benzene rings is 1. The lowest BCUT2D eigenvalue weighted by Crippen LogP contribution is -2.15. The fraction of sp³-hybridized carbons (Fsp3) is 0.312. The Hall–Kier alpha value is -2.97. The number of carboxylic acid groups (broad SMARTS) is 1. The summed E-state index contributed by atoms with van der Waals surface area (Å²) < 4.78 is 28.6. The van der Waals surface area contributed by atoms with Crippen LogP contribution in [0.4, 0.5) is 26.2 Å². The lowest BCUT2D eigenvalue weighted by Gasteiger charge is -2.11. The first-order chi connectivity index (χ1) is 12.0. The minimum Gasteiger partial charge on any atom is -0.480 e. The number of rotatable bonds is 8. The molecule has 2 aromatic rings. The highest BCUT2D eigenvalue weighted by Gasteiger charge is 2.26. The van der Waals surface area contributed by atoms with E-state index >= 15 is 0 Å². The number of halogens is 2. The van der Waals surface area contributed by atoms with E-state index < -0.39 is 12.6 Å². The SMILES string of the molecule is O=C(O)CNc1nc(Nc2ccc(OC(F)F)cc2)cc(C2CC2)n1. The molecule has 1 aromatic heterocycles. The van der Waals surface area contributed by atoms with Crippen molar-refractivity contribution < 1.29 is 23.4 Å². The Morgan fingerprint density at radius 1 is 1.28 bits per heavy atom. The van der Waals surface area contributed by atoms with E-state index in [1.807, 2.05) is 0 Å². The molecule has 1 aromatic carbocycles. The maximum Gasteiger partial charge on any atom is 0.387 e. The number of hydrogen-bond acceptors (Lipinski definition) is 6. The molecule has 25 heavy (non-hydrogen) atoms. The van der Waals surface area contributed by atoms with Gasteiger partial charge >= 0.3 is 12.6 Å². The van der Waals surface area contributed by atoms with Crippen molar-refractivity contribution in [2.24, 2.45) is 0 Å². The molecule has 0 bridgehead atoms. The molecule has 0 radical (unpaired) electrons. The van der Waals surface area contributed by atoms with E-state index in [4.69, 9.17) is 5.11 Å².